The first kappa shape index (κ1) is 16.8. The van der Waals surface area contributed by atoms with Gasteiger partial charge in [0.1, 0.15) is 5.75 Å². The number of hydrogen-bond acceptors (Lipinski definition) is 4. The zero-order chi connectivity index (χ0) is 15.3. The van der Waals surface area contributed by atoms with Crippen LogP contribution in [0.15, 0.2) is 23.1 Å². The van der Waals surface area contributed by atoms with Crippen molar-refractivity contribution in [2.75, 3.05) is 18.0 Å². The number of sulfone groups is 1. The summed E-state index contributed by atoms with van der Waals surface area (Å²) in [7, 11) is -3.78. The predicted molar refractivity (Wildman–Crippen MR) is 80.4 cm³/mol. The van der Waals surface area contributed by atoms with Crippen molar-refractivity contribution in [1.29, 1.82) is 0 Å². The molecule has 0 saturated carbocycles. The Labute approximate surface area is 124 Å². The molecule has 1 amide bonds. The van der Waals surface area contributed by atoms with E-state index >= 15 is 0 Å². The SMILES string of the molecule is CC(C)CCNC(=O)CS(=O)(=O)c1cc(Cl)ccc1N. The van der Waals surface area contributed by atoms with Gasteiger partial charge in [0.2, 0.25) is 5.91 Å². The van der Waals surface area contributed by atoms with E-state index in [1.165, 1.54) is 18.2 Å². The molecular formula is C13H19ClN2O3S. The standard InChI is InChI=1S/C13H19ClN2O3S/c1-9(2)5-6-16-13(17)8-20(18,19)12-7-10(14)3-4-11(12)15/h3-4,7,9H,5-6,8,15H2,1-2H3,(H,16,17). The van der Waals surface area contributed by atoms with Crippen molar-refractivity contribution in [2.45, 2.75) is 25.2 Å². The summed E-state index contributed by atoms with van der Waals surface area (Å²) in [4.78, 5) is 11.5. The van der Waals surface area contributed by atoms with Gasteiger partial charge in [-0.2, -0.15) is 0 Å². The highest BCUT2D eigenvalue weighted by molar-refractivity contribution is 7.92. The summed E-state index contributed by atoms with van der Waals surface area (Å²) in [6.45, 7) is 4.50. The fraction of sp³-hybridized carbons (Fsp3) is 0.462. The molecule has 0 spiro atoms. The summed E-state index contributed by atoms with van der Waals surface area (Å²) >= 11 is 5.76. The third-order valence-corrected chi connectivity index (χ3v) is 4.58. The molecule has 0 heterocycles. The Morgan fingerprint density at radius 1 is 1.40 bits per heavy atom. The molecule has 20 heavy (non-hydrogen) atoms. The molecule has 1 rings (SSSR count). The van der Waals surface area contributed by atoms with Crippen molar-refractivity contribution in [2.24, 2.45) is 5.92 Å². The van der Waals surface area contributed by atoms with Crippen LogP contribution in [0.4, 0.5) is 5.69 Å². The Kier molecular flexibility index (Phi) is 5.83. The van der Waals surface area contributed by atoms with Gasteiger partial charge >= 0.3 is 0 Å². The predicted octanol–water partition coefficient (Wildman–Crippen LogP) is 1.86. The number of benzene rings is 1. The Morgan fingerprint density at radius 2 is 2.05 bits per heavy atom. The van der Waals surface area contributed by atoms with E-state index in [1.807, 2.05) is 13.8 Å². The first-order chi connectivity index (χ1) is 9.22. The molecule has 0 bridgehead atoms. The number of anilines is 1. The number of carbonyl (C=O) groups excluding carboxylic acids is 1. The highest BCUT2D eigenvalue weighted by Gasteiger charge is 2.22. The van der Waals surface area contributed by atoms with Crippen molar-refractivity contribution < 1.29 is 13.2 Å². The number of carbonyl (C=O) groups is 1. The van der Waals surface area contributed by atoms with Gasteiger partial charge in [0, 0.05) is 11.6 Å². The third-order valence-electron chi connectivity index (χ3n) is 2.68. The number of amides is 1. The lowest BCUT2D eigenvalue weighted by Crippen LogP contribution is -2.31. The summed E-state index contributed by atoms with van der Waals surface area (Å²) in [6, 6.07) is 4.16. The summed E-state index contributed by atoms with van der Waals surface area (Å²) in [6.07, 6.45) is 0.797. The van der Waals surface area contributed by atoms with Crippen LogP contribution in [0, 0.1) is 5.92 Å². The van der Waals surface area contributed by atoms with Crippen LogP contribution < -0.4 is 11.1 Å². The first-order valence-electron chi connectivity index (χ1n) is 6.27. The summed E-state index contributed by atoms with van der Waals surface area (Å²) in [5.41, 5.74) is 5.71. The normalized spacial score (nSPS) is 11.6. The largest absolute Gasteiger partial charge is 0.398 e. The fourth-order valence-electron chi connectivity index (χ4n) is 1.58. The lowest BCUT2D eigenvalue weighted by Gasteiger charge is -2.09. The highest BCUT2D eigenvalue weighted by atomic mass is 35.5. The molecule has 0 unspecified atom stereocenters. The Bertz CT molecular complexity index is 585. The van der Waals surface area contributed by atoms with Crippen molar-refractivity contribution in [3.8, 4) is 0 Å². The number of nitrogen functional groups attached to an aromatic ring is 1. The number of nitrogens with one attached hydrogen (secondary N) is 1. The second-order valence-electron chi connectivity index (χ2n) is 4.97. The van der Waals surface area contributed by atoms with Gasteiger partial charge in [0.15, 0.2) is 9.84 Å². The van der Waals surface area contributed by atoms with Gasteiger partial charge in [-0.05, 0) is 30.5 Å². The lowest BCUT2D eigenvalue weighted by atomic mass is 10.1. The van der Waals surface area contributed by atoms with Crippen molar-refractivity contribution in [1.82, 2.24) is 5.32 Å². The monoisotopic (exact) mass is 318 g/mol. The van der Waals surface area contributed by atoms with Crippen molar-refractivity contribution in [3.05, 3.63) is 23.2 Å². The van der Waals surface area contributed by atoms with Crippen LogP contribution in [-0.4, -0.2) is 26.6 Å². The number of nitrogens with two attached hydrogens (primary N) is 1. The first-order valence-corrected chi connectivity index (χ1v) is 8.30. The van der Waals surface area contributed by atoms with Gasteiger partial charge in [-0.15, -0.1) is 0 Å². The molecular weight excluding hydrogens is 300 g/mol. The molecule has 7 heteroatoms. The maximum atomic E-state index is 12.1. The Morgan fingerprint density at radius 3 is 2.65 bits per heavy atom. The molecule has 112 valence electrons. The molecule has 0 aliphatic heterocycles. The molecule has 0 fully saturated rings. The molecule has 0 saturated heterocycles. The minimum Gasteiger partial charge on any atom is -0.398 e. The van der Waals surface area contributed by atoms with E-state index in [0.717, 1.165) is 6.42 Å². The van der Waals surface area contributed by atoms with Crippen molar-refractivity contribution in [3.63, 3.8) is 0 Å². The van der Waals surface area contributed by atoms with Crippen LogP contribution in [0.5, 0.6) is 0 Å². The van der Waals surface area contributed by atoms with Gasteiger partial charge in [-0.3, -0.25) is 4.79 Å². The molecule has 0 aromatic heterocycles. The topological polar surface area (TPSA) is 89.3 Å². The van der Waals surface area contributed by atoms with E-state index in [9.17, 15) is 13.2 Å². The number of rotatable bonds is 6. The van der Waals surface area contributed by atoms with Gasteiger partial charge in [0.05, 0.1) is 10.6 Å². The Hall–Kier alpha value is -1.27. The zero-order valence-corrected chi connectivity index (χ0v) is 13.1. The van der Waals surface area contributed by atoms with Gasteiger partial charge < -0.3 is 11.1 Å². The van der Waals surface area contributed by atoms with Gasteiger partial charge in [0.25, 0.3) is 0 Å². The molecule has 0 atom stereocenters. The van der Waals surface area contributed by atoms with E-state index in [1.54, 1.807) is 0 Å². The summed E-state index contributed by atoms with van der Waals surface area (Å²) in [5.74, 6) is -0.726. The smallest absolute Gasteiger partial charge is 0.235 e. The molecule has 1 aromatic rings. The molecule has 0 aliphatic rings. The maximum absolute atomic E-state index is 12.1. The highest BCUT2D eigenvalue weighted by Crippen LogP contribution is 2.23. The summed E-state index contributed by atoms with van der Waals surface area (Å²) in [5, 5.41) is 2.84. The van der Waals surface area contributed by atoms with E-state index < -0.39 is 21.5 Å². The molecule has 1 aromatic carbocycles. The summed E-state index contributed by atoms with van der Waals surface area (Å²) < 4.78 is 24.2. The van der Waals surface area contributed by atoms with Crippen LogP contribution in [0.3, 0.4) is 0 Å². The average molecular weight is 319 g/mol. The number of hydrogen-bond donors (Lipinski definition) is 2. The molecule has 5 nitrogen and oxygen atoms in total. The second kappa shape index (κ2) is 6.95. The van der Waals surface area contributed by atoms with Gasteiger partial charge in [-0.25, -0.2) is 8.42 Å². The number of halogens is 1. The van der Waals surface area contributed by atoms with Crippen LogP contribution in [-0.2, 0) is 14.6 Å². The van der Waals surface area contributed by atoms with E-state index in [2.05, 4.69) is 5.32 Å². The molecule has 3 N–H and O–H groups in total. The van der Waals surface area contributed by atoms with Crippen molar-refractivity contribution >= 4 is 33.0 Å². The maximum Gasteiger partial charge on any atom is 0.235 e. The van der Waals surface area contributed by atoms with Gasteiger partial charge in [-0.1, -0.05) is 25.4 Å². The molecule has 0 aliphatic carbocycles. The lowest BCUT2D eigenvalue weighted by molar-refractivity contribution is -0.118. The zero-order valence-electron chi connectivity index (χ0n) is 11.5. The average Bonchev–Trinajstić information content (AvgIpc) is 2.31. The second-order valence-corrected chi connectivity index (χ2v) is 7.37. The van der Waals surface area contributed by atoms with E-state index in [4.69, 9.17) is 17.3 Å². The van der Waals surface area contributed by atoms with Crippen LogP contribution in [0.25, 0.3) is 0 Å². The minimum atomic E-state index is -3.78. The quantitative estimate of drug-likeness (QED) is 0.783. The Balaban J connectivity index is 2.75. The fourth-order valence-corrected chi connectivity index (χ4v) is 3.15. The van der Waals surface area contributed by atoms with E-state index in [0.29, 0.717) is 12.5 Å². The third kappa shape index (κ3) is 5.02. The molecule has 0 radical (unpaired) electrons. The van der Waals surface area contributed by atoms with Crippen LogP contribution in [0.1, 0.15) is 20.3 Å². The van der Waals surface area contributed by atoms with E-state index in [-0.39, 0.29) is 15.6 Å². The van der Waals surface area contributed by atoms with Crippen LogP contribution in [0.2, 0.25) is 5.02 Å². The van der Waals surface area contributed by atoms with Crippen LogP contribution >= 0.6 is 11.6 Å². The minimum absolute atomic E-state index is 0.0874.